The lowest BCUT2D eigenvalue weighted by molar-refractivity contribution is 0.134. The highest BCUT2D eigenvalue weighted by atomic mass is 35.5. The number of halogens is 1. The van der Waals surface area contributed by atoms with Gasteiger partial charge in [0.2, 0.25) is 0 Å². The van der Waals surface area contributed by atoms with Gasteiger partial charge in [0.25, 0.3) is 0 Å². The molecule has 1 aliphatic heterocycles. The van der Waals surface area contributed by atoms with Crippen LogP contribution >= 0.6 is 11.6 Å². The standard InChI is InChI=1S/C9H9ClO2/c10-7-2-1-6-3-8(5-11)12-9(6)4-7/h1-2,4,8,11H,3,5H2/t8-/m1/s1. The minimum Gasteiger partial charge on any atom is -0.487 e. The number of fused-ring (bicyclic) bond motifs is 1. The van der Waals surface area contributed by atoms with Crippen LogP contribution in [0.15, 0.2) is 18.2 Å². The van der Waals surface area contributed by atoms with E-state index in [9.17, 15) is 0 Å². The predicted molar refractivity (Wildman–Crippen MR) is 46.7 cm³/mol. The van der Waals surface area contributed by atoms with Gasteiger partial charge in [0.05, 0.1) is 6.61 Å². The fourth-order valence-corrected chi connectivity index (χ4v) is 1.54. The summed E-state index contributed by atoms with van der Waals surface area (Å²) in [5, 5.41) is 9.52. The molecule has 1 N–H and O–H groups in total. The van der Waals surface area contributed by atoms with Crippen molar-refractivity contribution in [2.24, 2.45) is 0 Å². The molecule has 12 heavy (non-hydrogen) atoms. The molecule has 0 radical (unpaired) electrons. The van der Waals surface area contributed by atoms with Crippen molar-refractivity contribution in [2.45, 2.75) is 12.5 Å². The maximum absolute atomic E-state index is 8.85. The quantitative estimate of drug-likeness (QED) is 0.719. The normalized spacial score (nSPS) is 20.3. The van der Waals surface area contributed by atoms with Gasteiger partial charge in [-0.3, -0.25) is 0 Å². The number of rotatable bonds is 1. The van der Waals surface area contributed by atoms with Crippen molar-refractivity contribution in [3.63, 3.8) is 0 Å². The first-order valence-corrected chi connectivity index (χ1v) is 4.23. The molecule has 0 fully saturated rings. The van der Waals surface area contributed by atoms with Crippen LogP contribution in [0.3, 0.4) is 0 Å². The van der Waals surface area contributed by atoms with Crippen molar-refractivity contribution in [2.75, 3.05) is 6.61 Å². The van der Waals surface area contributed by atoms with Crippen molar-refractivity contribution >= 4 is 11.6 Å². The molecule has 3 heteroatoms. The van der Waals surface area contributed by atoms with Gasteiger partial charge in [-0.2, -0.15) is 0 Å². The molecule has 0 saturated carbocycles. The van der Waals surface area contributed by atoms with E-state index in [1.54, 1.807) is 6.07 Å². The summed E-state index contributed by atoms with van der Waals surface area (Å²) in [6.07, 6.45) is 0.696. The Kier molecular flexibility index (Phi) is 1.95. The molecule has 2 rings (SSSR count). The topological polar surface area (TPSA) is 29.5 Å². The van der Waals surface area contributed by atoms with E-state index in [0.29, 0.717) is 5.02 Å². The molecule has 2 nitrogen and oxygen atoms in total. The van der Waals surface area contributed by atoms with Crippen LogP contribution in [-0.2, 0) is 6.42 Å². The maximum Gasteiger partial charge on any atom is 0.126 e. The van der Waals surface area contributed by atoms with Gasteiger partial charge in [0.1, 0.15) is 11.9 Å². The SMILES string of the molecule is OC[C@H]1Cc2ccc(Cl)cc2O1. The number of ether oxygens (including phenoxy) is 1. The lowest BCUT2D eigenvalue weighted by Crippen LogP contribution is -2.17. The van der Waals surface area contributed by atoms with Gasteiger partial charge in [-0.15, -0.1) is 0 Å². The van der Waals surface area contributed by atoms with E-state index < -0.39 is 0 Å². The largest absolute Gasteiger partial charge is 0.487 e. The van der Waals surface area contributed by atoms with Crippen molar-refractivity contribution < 1.29 is 9.84 Å². The molecule has 0 amide bonds. The third-order valence-corrected chi connectivity index (χ3v) is 2.21. The van der Waals surface area contributed by atoms with Crippen molar-refractivity contribution in [3.05, 3.63) is 28.8 Å². The second-order valence-corrected chi connectivity index (χ2v) is 3.32. The number of hydrogen-bond acceptors (Lipinski definition) is 2. The van der Waals surface area contributed by atoms with Crippen LogP contribution in [0, 0.1) is 0 Å². The molecule has 1 aromatic carbocycles. The predicted octanol–water partition coefficient (Wildman–Crippen LogP) is 1.64. The Hall–Kier alpha value is -0.730. The van der Waals surface area contributed by atoms with E-state index in [0.717, 1.165) is 17.7 Å². The van der Waals surface area contributed by atoms with Gasteiger partial charge >= 0.3 is 0 Å². The summed E-state index contributed by atoms with van der Waals surface area (Å²) >= 11 is 5.77. The summed E-state index contributed by atoms with van der Waals surface area (Å²) in [5.41, 5.74) is 1.12. The third-order valence-electron chi connectivity index (χ3n) is 1.97. The van der Waals surface area contributed by atoms with Gasteiger partial charge in [-0.05, 0) is 17.7 Å². The molecule has 0 aliphatic carbocycles. The van der Waals surface area contributed by atoms with Gasteiger partial charge in [0, 0.05) is 11.4 Å². The van der Waals surface area contributed by atoms with E-state index in [1.807, 2.05) is 12.1 Å². The first-order chi connectivity index (χ1) is 5.79. The lowest BCUT2D eigenvalue weighted by Gasteiger charge is -2.04. The molecule has 0 unspecified atom stereocenters. The Morgan fingerprint density at radius 1 is 1.58 bits per heavy atom. The molecule has 0 spiro atoms. The van der Waals surface area contributed by atoms with E-state index >= 15 is 0 Å². The third kappa shape index (κ3) is 1.28. The van der Waals surface area contributed by atoms with Gasteiger partial charge in [-0.25, -0.2) is 0 Å². The fourth-order valence-electron chi connectivity index (χ4n) is 1.38. The molecule has 0 aromatic heterocycles. The molecule has 1 aromatic rings. The maximum atomic E-state index is 8.85. The zero-order chi connectivity index (χ0) is 8.55. The van der Waals surface area contributed by atoms with Gasteiger partial charge < -0.3 is 9.84 Å². The minimum absolute atomic E-state index is 0.0618. The monoisotopic (exact) mass is 184 g/mol. The average molecular weight is 185 g/mol. The second-order valence-electron chi connectivity index (χ2n) is 2.88. The fraction of sp³-hybridized carbons (Fsp3) is 0.333. The number of hydrogen-bond donors (Lipinski definition) is 1. The summed E-state index contributed by atoms with van der Waals surface area (Å²) in [6, 6.07) is 5.56. The Balaban J connectivity index is 2.30. The van der Waals surface area contributed by atoms with Gasteiger partial charge in [0.15, 0.2) is 0 Å². The van der Waals surface area contributed by atoms with E-state index in [1.165, 1.54) is 0 Å². The zero-order valence-corrected chi connectivity index (χ0v) is 7.21. The summed E-state index contributed by atoms with van der Waals surface area (Å²) in [7, 11) is 0. The Morgan fingerprint density at radius 2 is 2.42 bits per heavy atom. The van der Waals surface area contributed by atoms with Crippen LogP contribution in [0.4, 0.5) is 0 Å². The Bertz CT molecular complexity index is 299. The van der Waals surface area contributed by atoms with E-state index in [2.05, 4.69) is 0 Å². The summed E-state index contributed by atoms with van der Waals surface area (Å²) in [6.45, 7) is 0.0618. The summed E-state index contributed by atoms with van der Waals surface area (Å²) in [4.78, 5) is 0. The molecular formula is C9H9ClO2. The second kappa shape index (κ2) is 2.96. The summed E-state index contributed by atoms with van der Waals surface area (Å²) in [5.74, 6) is 0.807. The Morgan fingerprint density at radius 3 is 3.17 bits per heavy atom. The van der Waals surface area contributed by atoms with Crippen molar-refractivity contribution in [1.82, 2.24) is 0 Å². The molecule has 1 aliphatic rings. The lowest BCUT2D eigenvalue weighted by atomic mass is 10.1. The molecule has 1 atom stereocenters. The minimum atomic E-state index is -0.0848. The van der Waals surface area contributed by atoms with Crippen molar-refractivity contribution in [1.29, 1.82) is 0 Å². The van der Waals surface area contributed by atoms with Crippen LogP contribution < -0.4 is 4.74 Å². The highest BCUT2D eigenvalue weighted by molar-refractivity contribution is 6.30. The molecular weight excluding hydrogens is 176 g/mol. The summed E-state index contributed by atoms with van der Waals surface area (Å²) < 4.78 is 5.40. The molecule has 64 valence electrons. The number of benzene rings is 1. The number of aliphatic hydroxyl groups is 1. The van der Waals surface area contributed by atoms with E-state index in [4.69, 9.17) is 21.4 Å². The van der Waals surface area contributed by atoms with Gasteiger partial charge in [-0.1, -0.05) is 17.7 Å². The number of aliphatic hydroxyl groups excluding tert-OH is 1. The molecule has 1 heterocycles. The van der Waals surface area contributed by atoms with Crippen molar-refractivity contribution in [3.8, 4) is 5.75 Å². The Labute approximate surface area is 75.7 Å². The van der Waals surface area contributed by atoms with Crippen LogP contribution in [0.25, 0.3) is 0 Å². The van der Waals surface area contributed by atoms with Crippen LogP contribution in [0.2, 0.25) is 5.02 Å². The highest BCUT2D eigenvalue weighted by Gasteiger charge is 2.21. The van der Waals surface area contributed by atoms with Crippen LogP contribution in [0.1, 0.15) is 5.56 Å². The smallest absolute Gasteiger partial charge is 0.126 e. The zero-order valence-electron chi connectivity index (χ0n) is 6.46. The van der Waals surface area contributed by atoms with E-state index in [-0.39, 0.29) is 12.7 Å². The van der Waals surface area contributed by atoms with Crippen LogP contribution in [-0.4, -0.2) is 17.8 Å². The first-order valence-electron chi connectivity index (χ1n) is 3.85. The highest BCUT2D eigenvalue weighted by Crippen LogP contribution is 2.30. The molecule has 0 saturated heterocycles. The first kappa shape index (κ1) is 7.90. The molecule has 0 bridgehead atoms. The van der Waals surface area contributed by atoms with Crippen LogP contribution in [0.5, 0.6) is 5.75 Å². The average Bonchev–Trinajstić information content (AvgIpc) is 2.46.